The van der Waals surface area contributed by atoms with E-state index in [2.05, 4.69) is 64.4 Å². The molecule has 0 bridgehead atoms. The summed E-state index contributed by atoms with van der Waals surface area (Å²) in [5, 5.41) is 14.6. The van der Waals surface area contributed by atoms with Crippen LogP contribution in [0.1, 0.15) is 72.9 Å². The van der Waals surface area contributed by atoms with Crippen LogP contribution >= 0.6 is 0 Å². The number of aromatic nitrogens is 2. The number of amidine groups is 1. The first-order valence-corrected chi connectivity index (χ1v) is 21.8. The highest BCUT2D eigenvalue weighted by atomic mass is 16.5. The second-order valence-corrected chi connectivity index (χ2v) is 17.4. The summed E-state index contributed by atoms with van der Waals surface area (Å²) in [6, 6.07) is 11.0. The first kappa shape index (κ1) is 40.1. The number of ether oxygens (including phenoxy) is 1. The van der Waals surface area contributed by atoms with E-state index in [0.29, 0.717) is 29.8 Å². The Bertz CT molecular complexity index is 2200. The number of aliphatic imine (C=N–C) groups is 1. The number of hydrogen-bond donors (Lipinski definition) is 3. The summed E-state index contributed by atoms with van der Waals surface area (Å²) in [5.74, 6) is 0.647. The fourth-order valence-corrected chi connectivity index (χ4v) is 9.73. The Morgan fingerprint density at radius 2 is 1.62 bits per heavy atom. The molecule has 9 rings (SSSR count). The number of likely N-dealkylation sites (tertiary alicyclic amines) is 1. The largest absolute Gasteiger partial charge is 0.491 e. The Hall–Kier alpha value is -5.32. The molecule has 318 valence electrons. The highest BCUT2D eigenvalue weighted by Gasteiger charge is 2.45. The minimum absolute atomic E-state index is 0.103. The Morgan fingerprint density at radius 1 is 0.833 bits per heavy atom. The number of hydrogen-bond acceptors (Lipinski definition) is 13. The average Bonchev–Trinajstić information content (AvgIpc) is 3.78. The van der Waals surface area contributed by atoms with Gasteiger partial charge in [0.1, 0.15) is 30.0 Å². The van der Waals surface area contributed by atoms with Crippen molar-refractivity contribution < 1.29 is 23.9 Å². The van der Waals surface area contributed by atoms with Crippen LogP contribution in [0.15, 0.2) is 47.5 Å². The zero-order chi connectivity index (χ0) is 41.5. The Labute approximate surface area is 350 Å². The third kappa shape index (κ3) is 8.24. The van der Waals surface area contributed by atoms with Gasteiger partial charge < -0.3 is 24.8 Å². The van der Waals surface area contributed by atoms with E-state index < -0.39 is 23.8 Å². The van der Waals surface area contributed by atoms with Crippen molar-refractivity contribution in [2.45, 2.75) is 64.6 Å². The highest BCUT2D eigenvalue weighted by Crippen LogP contribution is 2.32. The van der Waals surface area contributed by atoms with Crippen LogP contribution in [0.3, 0.4) is 0 Å². The molecule has 1 unspecified atom stereocenters. The number of nitrogens with zero attached hydrogens (tertiary/aromatic N) is 8. The van der Waals surface area contributed by atoms with Crippen molar-refractivity contribution in [3.8, 4) is 5.75 Å². The number of benzene rings is 2. The van der Waals surface area contributed by atoms with Gasteiger partial charge in [0.15, 0.2) is 0 Å². The number of nitrogens with one attached hydrogen (secondary N) is 3. The molecule has 6 aliphatic rings. The molecule has 0 spiro atoms. The van der Waals surface area contributed by atoms with Crippen molar-refractivity contribution in [1.29, 1.82) is 0 Å². The maximum absolute atomic E-state index is 13.4. The molecule has 3 aromatic rings. The van der Waals surface area contributed by atoms with Crippen LogP contribution < -0.4 is 20.3 Å². The van der Waals surface area contributed by atoms with E-state index in [4.69, 9.17) is 9.73 Å². The number of aromatic amines is 1. The predicted molar refractivity (Wildman–Crippen MR) is 229 cm³/mol. The minimum Gasteiger partial charge on any atom is -0.491 e. The van der Waals surface area contributed by atoms with E-state index >= 15 is 0 Å². The van der Waals surface area contributed by atoms with Crippen LogP contribution in [0.2, 0.25) is 0 Å². The molecular weight excluding hydrogens is 763 g/mol. The number of piperidine rings is 2. The zero-order valence-electron chi connectivity index (χ0n) is 35.0. The second-order valence-electron chi connectivity index (χ2n) is 17.4. The SMILES string of the molecule is CC(C)Oc1ccc2[nH]nc(C3=CC(N4CCN(CCN5CCC(CN6CCN(c7ccc8c(c7)C(=O)N(C7CCC(=O)NC7=O)C8=O)CC6)CC5)[C@@H](C)C4)=NCN3)c2c1. The number of carbonyl (C=O) groups is 4. The van der Waals surface area contributed by atoms with E-state index in [9.17, 15) is 19.2 Å². The third-order valence-electron chi connectivity index (χ3n) is 13.1. The fraction of sp³-hybridized carbons (Fsp3) is 0.545. The van der Waals surface area contributed by atoms with Crippen LogP contribution in [-0.2, 0) is 9.59 Å². The Morgan fingerprint density at radius 3 is 2.38 bits per heavy atom. The summed E-state index contributed by atoms with van der Waals surface area (Å²) in [7, 11) is 0. The van der Waals surface area contributed by atoms with Crippen LogP contribution in [0.4, 0.5) is 5.69 Å². The van der Waals surface area contributed by atoms with E-state index in [1.165, 1.54) is 12.8 Å². The van der Waals surface area contributed by atoms with Gasteiger partial charge in [0.05, 0.1) is 28.4 Å². The molecule has 16 nitrogen and oxygen atoms in total. The maximum Gasteiger partial charge on any atom is 0.262 e. The quantitative estimate of drug-likeness (QED) is 0.257. The molecular formula is C44H57N11O5. The predicted octanol–water partition coefficient (Wildman–Crippen LogP) is 2.59. The van der Waals surface area contributed by atoms with Gasteiger partial charge in [-0.3, -0.25) is 44.3 Å². The van der Waals surface area contributed by atoms with Crippen LogP contribution in [0.5, 0.6) is 5.75 Å². The van der Waals surface area contributed by atoms with Gasteiger partial charge in [-0.05, 0) is 95.4 Å². The number of piperazine rings is 2. The number of imide groups is 2. The first-order chi connectivity index (χ1) is 29.1. The molecule has 7 heterocycles. The van der Waals surface area contributed by atoms with E-state index in [1.807, 2.05) is 32.0 Å². The third-order valence-corrected chi connectivity index (χ3v) is 13.1. The highest BCUT2D eigenvalue weighted by molar-refractivity contribution is 6.23. The molecule has 4 amide bonds. The van der Waals surface area contributed by atoms with Crippen molar-refractivity contribution in [2.24, 2.45) is 10.9 Å². The molecule has 6 aliphatic heterocycles. The van der Waals surface area contributed by atoms with Gasteiger partial charge in [0.25, 0.3) is 11.8 Å². The van der Waals surface area contributed by atoms with Crippen molar-refractivity contribution in [2.75, 3.05) is 90.1 Å². The summed E-state index contributed by atoms with van der Waals surface area (Å²) < 4.78 is 5.96. The summed E-state index contributed by atoms with van der Waals surface area (Å²) >= 11 is 0. The minimum atomic E-state index is -0.954. The van der Waals surface area contributed by atoms with Crippen molar-refractivity contribution in [3.05, 3.63) is 59.3 Å². The van der Waals surface area contributed by atoms with Crippen LogP contribution in [-0.4, -0.2) is 168 Å². The number of H-pyrrole nitrogens is 1. The average molecular weight is 820 g/mol. The topological polar surface area (TPSA) is 162 Å². The van der Waals surface area contributed by atoms with Crippen molar-refractivity contribution >= 4 is 51.8 Å². The molecule has 1 aromatic heterocycles. The molecule has 2 aromatic carbocycles. The van der Waals surface area contributed by atoms with Crippen molar-refractivity contribution in [3.63, 3.8) is 0 Å². The number of amides is 4. The van der Waals surface area contributed by atoms with Gasteiger partial charge in [0.2, 0.25) is 11.8 Å². The summed E-state index contributed by atoms with van der Waals surface area (Å²) in [6.07, 6.45) is 4.94. The van der Waals surface area contributed by atoms with E-state index in [-0.39, 0.29) is 24.9 Å². The van der Waals surface area contributed by atoms with Gasteiger partial charge in [-0.15, -0.1) is 0 Å². The first-order valence-electron chi connectivity index (χ1n) is 21.8. The van der Waals surface area contributed by atoms with Crippen molar-refractivity contribution in [1.82, 2.24) is 45.3 Å². The Balaban J connectivity index is 0.702. The molecule has 16 heteroatoms. The van der Waals surface area contributed by atoms with E-state index in [1.54, 1.807) is 12.1 Å². The standard InChI is InChI=1S/C44H57N11O5/c1-28(2)60-32-5-7-36-35(23-32)41(49-48-36)37-24-39(46-27-45-37)54-21-20-52(29(3)25-54)17-14-50-12-10-30(11-13-50)26-51-15-18-53(19-16-51)31-4-6-33-34(22-31)44(59)55(43(33)58)38-8-9-40(56)47-42(38)57/h4-7,22-24,28-30,38,45H,8-21,25-27H2,1-3H3,(H,48,49)(H,47,56,57)/t29-,38?/m0/s1. The maximum atomic E-state index is 13.4. The molecule has 3 N–H and O–H groups in total. The van der Waals surface area contributed by atoms with E-state index in [0.717, 1.165) is 123 Å². The lowest BCUT2D eigenvalue weighted by Crippen LogP contribution is -2.55. The smallest absolute Gasteiger partial charge is 0.262 e. The number of fused-ring (bicyclic) bond motifs is 2. The van der Waals surface area contributed by atoms with Gasteiger partial charge in [-0.2, -0.15) is 5.10 Å². The molecule has 0 radical (unpaired) electrons. The number of carbonyl (C=O) groups excluding carboxylic acids is 4. The van der Waals surface area contributed by atoms with Gasteiger partial charge >= 0.3 is 0 Å². The monoisotopic (exact) mass is 819 g/mol. The molecule has 0 aliphatic carbocycles. The Kier molecular flexibility index (Phi) is 11.3. The molecule has 2 atom stereocenters. The van der Waals surface area contributed by atoms with Gasteiger partial charge in [0, 0.05) is 95.1 Å². The zero-order valence-corrected chi connectivity index (χ0v) is 35.0. The lowest BCUT2D eigenvalue weighted by atomic mass is 9.96. The molecule has 60 heavy (non-hydrogen) atoms. The number of rotatable bonds is 10. The fourth-order valence-electron chi connectivity index (χ4n) is 9.73. The van der Waals surface area contributed by atoms with Crippen LogP contribution in [0.25, 0.3) is 16.6 Å². The summed E-state index contributed by atoms with van der Waals surface area (Å²) in [5.41, 5.74) is 4.41. The van der Waals surface area contributed by atoms with Gasteiger partial charge in [-0.25, -0.2) is 4.99 Å². The normalized spacial score (nSPS) is 23.9. The van der Waals surface area contributed by atoms with Gasteiger partial charge in [-0.1, -0.05) is 0 Å². The lowest BCUT2D eigenvalue weighted by molar-refractivity contribution is -0.136. The second kappa shape index (κ2) is 17.0. The molecule has 4 saturated heterocycles. The summed E-state index contributed by atoms with van der Waals surface area (Å²) in [6.45, 7) is 19.0. The molecule has 4 fully saturated rings. The van der Waals surface area contributed by atoms with Crippen LogP contribution in [0, 0.1) is 5.92 Å². The number of anilines is 1. The lowest BCUT2D eigenvalue weighted by Gasteiger charge is -2.43. The summed E-state index contributed by atoms with van der Waals surface area (Å²) in [4.78, 5) is 69.0. The molecule has 0 saturated carbocycles.